The van der Waals surface area contributed by atoms with E-state index >= 15 is 0 Å². The van der Waals surface area contributed by atoms with Crippen LogP contribution in [0.25, 0.3) is 0 Å². The molecule has 1 aliphatic rings. The molecular weight excluding hydrogens is 280 g/mol. The number of aryl methyl sites for hydroxylation is 1. The molecule has 1 amide bonds. The molecule has 2 rings (SSSR count). The SMILES string of the molecule is Cc1ccc(Br)c(C(=O)NC2(C)CCNC2)c1. The second-order valence-electron chi connectivity index (χ2n) is 4.92. The molecule has 2 N–H and O–H groups in total. The fourth-order valence-corrected chi connectivity index (χ4v) is 2.50. The van der Waals surface area contributed by atoms with E-state index in [0.29, 0.717) is 5.56 Å². The van der Waals surface area contributed by atoms with Gasteiger partial charge in [-0.25, -0.2) is 0 Å². The lowest BCUT2D eigenvalue weighted by Gasteiger charge is -2.24. The van der Waals surface area contributed by atoms with Gasteiger partial charge >= 0.3 is 0 Å². The van der Waals surface area contributed by atoms with E-state index < -0.39 is 0 Å². The Morgan fingerprint density at radius 3 is 2.94 bits per heavy atom. The number of nitrogens with one attached hydrogen (secondary N) is 2. The van der Waals surface area contributed by atoms with Gasteiger partial charge in [0.15, 0.2) is 0 Å². The molecule has 0 aliphatic carbocycles. The van der Waals surface area contributed by atoms with Crippen molar-refractivity contribution in [1.82, 2.24) is 10.6 Å². The molecule has 0 spiro atoms. The minimum atomic E-state index is -0.125. The highest BCUT2D eigenvalue weighted by atomic mass is 79.9. The van der Waals surface area contributed by atoms with E-state index in [1.54, 1.807) is 0 Å². The van der Waals surface area contributed by atoms with Crippen LogP contribution in [-0.4, -0.2) is 24.5 Å². The quantitative estimate of drug-likeness (QED) is 0.879. The van der Waals surface area contributed by atoms with Crippen LogP contribution in [0.3, 0.4) is 0 Å². The van der Waals surface area contributed by atoms with Gasteiger partial charge in [0.05, 0.1) is 11.1 Å². The zero-order chi connectivity index (χ0) is 12.5. The van der Waals surface area contributed by atoms with Crippen LogP contribution >= 0.6 is 15.9 Å². The van der Waals surface area contributed by atoms with E-state index in [2.05, 4.69) is 33.5 Å². The molecule has 1 aromatic rings. The molecule has 92 valence electrons. The Bertz CT molecular complexity index is 439. The predicted molar refractivity (Wildman–Crippen MR) is 72.2 cm³/mol. The van der Waals surface area contributed by atoms with E-state index in [-0.39, 0.29) is 11.4 Å². The smallest absolute Gasteiger partial charge is 0.252 e. The van der Waals surface area contributed by atoms with Gasteiger partial charge in [0, 0.05) is 11.0 Å². The molecule has 1 aliphatic heterocycles. The molecule has 0 bridgehead atoms. The third-order valence-electron chi connectivity index (χ3n) is 3.15. The maximum atomic E-state index is 12.2. The van der Waals surface area contributed by atoms with Gasteiger partial charge in [-0.15, -0.1) is 0 Å². The molecule has 1 atom stereocenters. The summed E-state index contributed by atoms with van der Waals surface area (Å²) in [6, 6.07) is 5.81. The van der Waals surface area contributed by atoms with Crippen molar-refractivity contribution in [3.8, 4) is 0 Å². The van der Waals surface area contributed by atoms with E-state index in [9.17, 15) is 4.79 Å². The molecule has 17 heavy (non-hydrogen) atoms. The molecule has 4 heteroatoms. The van der Waals surface area contributed by atoms with Crippen LogP contribution in [0.1, 0.15) is 29.3 Å². The van der Waals surface area contributed by atoms with Gasteiger partial charge in [-0.3, -0.25) is 4.79 Å². The molecule has 3 nitrogen and oxygen atoms in total. The summed E-state index contributed by atoms with van der Waals surface area (Å²) in [6.07, 6.45) is 0.974. The first-order valence-electron chi connectivity index (χ1n) is 5.80. The normalized spacial score (nSPS) is 23.7. The lowest BCUT2D eigenvalue weighted by molar-refractivity contribution is 0.0912. The summed E-state index contributed by atoms with van der Waals surface area (Å²) >= 11 is 3.42. The minimum absolute atomic E-state index is 0.00762. The van der Waals surface area contributed by atoms with Crippen molar-refractivity contribution < 1.29 is 4.79 Å². The molecule has 1 heterocycles. The fraction of sp³-hybridized carbons (Fsp3) is 0.462. The van der Waals surface area contributed by atoms with Gasteiger partial charge < -0.3 is 10.6 Å². The van der Waals surface area contributed by atoms with Crippen molar-refractivity contribution in [2.75, 3.05) is 13.1 Å². The van der Waals surface area contributed by atoms with Gasteiger partial charge in [-0.2, -0.15) is 0 Å². The maximum Gasteiger partial charge on any atom is 0.252 e. The molecule has 1 saturated heterocycles. The Labute approximate surface area is 110 Å². The minimum Gasteiger partial charge on any atom is -0.346 e. The average molecular weight is 297 g/mol. The lowest BCUT2D eigenvalue weighted by Crippen LogP contribution is -2.47. The number of hydrogen-bond donors (Lipinski definition) is 2. The summed E-state index contributed by atoms with van der Waals surface area (Å²) in [6.45, 7) is 5.87. The molecule has 1 fully saturated rings. The number of rotatable bonds is 2. The van der Waals surface area contributed by atoms with Crippen molar-refractivity contribution in [3.05, 3.63) is 33.8 Å². The van der Waals surface area contributed by atoms with Crippen LogP contribution in [0.4, 0.5) is 0 Å². The fourth-order valence-electron chi connectivity index (χ4n) is 2.08. The molecule has 0 saturated carbocycles. The first-order valence-corrected chi connectivity index (χ1v) is 6.59. The van der Waals surface area contributed by atoms with Crippen molar-refractivity contribution in [2.45, 2.75) is 25.8 Å². The topological polar surface area (TPSA) is 41.1 Å². The van der Waals surface area contributed by atoms with Crippen molar-refractivity contribution in [1.29, 1.82) is 0 Å². The molecule has 1 unspecified atom stereocenters. The van der Waals surface area contributed by atoms with E-state index in [1.165, 1.54) is 0 Å². The standard InChI is InChI=1S/C13H17BrN2O/c1-9-3-4-11(14)10(7-9)12(17)16-13(2)5-6-15-8-13/h3-4,7,15H,5-6,8H2,1-2H3,(H,16,17). The monoisotopic (exact) mass is 296 g/mol. The van der Waals surface area contributed by atoms with Crippen molar-refractivity contribution >= 4 is 21.8 Å². The first-order chi connectivity index (χ1) is 8.00. The predicted octanol–water partition coefficient (Wildman–Crippen LogP) is 2.24. The van der Waals surface area contributed by atoms with Crippen molar-refractivity contribution in [2.24, 2.45) is 0 Å². The van der Waals surface area contributed by atoms with Crippen molar-refractivity contribution in [3.63, 3.8) is 0 Å². The maximum absolute atomic E-state index is 12.2. The lowest BCUT2D eigenvalue weighted by atomic mass is 10.0. The summed E-state index contributed by atoms with van der Waals surface area (Å²) in [5.41, 5.74) is 1.67. The second-order valence-corrected chi connectivity index (χ2v) is 5.78. The zero-order valence-electron chi connectivity index (χ0n) is 10.1. The molecule has 0 radical (unpaired) electrons. The van der Waals surface area contributed by atoms with Crippen LogP contribution in [0.5, 0.6) is 0 Å². The van der Waals surface area contributed by atoms with Gasteiger partial charge in [0.1, 0.15) is 0 Å². The second kappa shape index (κ2) is 4.78. The summed E-state index contributed by atoms with van der Waals surface area (Å²) in [5, 5.41) is 6.38. The number of hydrogen-bond acceptors (Lipinski definition) is 2. The summed E-state index contributed by atoms with van der Waals surface area (Å²) < 4.78 is 0.843. The first kappa shape index (κ1) is 12.6. The van der Waals surface area contributed by atoms with E-state index in [0.717, 1.165) is 29.5 Å². The van der Waals surface area contributed by atoms with Crippen LogP contribution in [0.2, 0.25) is 0 Å². The Kier molecular flexibility index (Phi) is 3.54. The third-order valence-corrected chi connectivity index (χ3v) is 3.84. The van der Waals surface area contributed by atoms with E-state index in [4.69, 9.17) is 0 Å². The number of amides is 1. The van der Waals surface area contributed by atoms with Crippen LogP contribution in [-0.2, 0) is 0 Å². The Morgan fingerprint density at radius 2 is 2.29 bits per heavy atom. The highest BCUT2D eigenvalue weighted by Gasteiger charge is 2.30. The third kappa shape index (κ3) is 2.87. The van der Waals surface area contributed by atoms with Crippen LogP contribution < -0.4 is 10.6 Å². The number of benzene rings is 1. The average Bonchev–Trinajstić information content (AvgIpc) is 2.68. The van der Waals surface area contributed by atoms with Gasteiger partial charge in [0.25, 0.3) is 5.91 Å². The van der Waals surface area contributed by atoms with E-state index in [1.807, 2.05) is 25.1 Å². The zero-order valence-corrected chi connectivity index (χ0v) is 11.7. The Morgan fingerprint density at radius 1 is 1.53 bits per heavy atom. The summed E-state index contributed by atoms with van der Waals surface area (Å²) in [4.78, 5) is 12.2. The number of carbonyl (C=O) groups excluding carboxylic acids is 1. The van der Waals surface area contributed by atoms with Gasteiger partial charge in [-0.1, -0.05) is 11.6 Å². The van der Waals surface area contributed by atoms with Crippen LogP contribution in [0, 0.1) is 6.92 Å². The summed E-state index contributed by atoms with van der Waals surface area (Å²) in [5.74, 6) is -0.00762. The van der Waals surface area contributed by atoms with Crippen LogP contribution in [0.15, 0.2) is 22.7 Å². The largest absolute Gasteiger partial charge is 0.346 e. The number of carbonyl (C=O) groups is 1. The number of halogens is 1. The molecule has 1 aromatic carbocycles. The highest BCUT2D eigenvalue weighted by molar-refractivity contribution is 9.10. The summed E-state index contributed by atoms with van der Waals surface area (Å²) in [7, 11) is 0. The Hall–Kier alpha value is -0.870. The van der Waals surface area contributed by atoms with Gasteiger partial charge in [0.2, 0.25) is 0 Å². The highest BCUT2D eigenvalue weighted by Crippen LogP contribution is 2.20. The Balaban J connectivity index is 2.17. The molecule has 0 aromatic heterocycles. The van der Waals surface area contributed by atoms with Gasteiger partial charge in [-0.05, 0) is 54.9 Å². The molecular formula is C13H17BrN2O.